The van der Waals surface area contributed by atoms with Gasteiger partial charge >= 0.3 is 6.18 Å². The van der Waals surface area contributed by atoms with Gasteiger partial charge in [0.2, 0.25) is 0 Å². The average Bonchev–Trinajstić information content (AvgIpc) is 2.24. The Bertz CT molecular complexity index is 157. The number of hydrogen-bond acceptors (Lipinski definition) is 1. The van der Waals surface area contributed by atoms with Gasteiger partial charge in [-0.1, -0.05) is 39.0 Å². The van der Waals surface area contributed by atoms with E-state index in [0.717, 1.165) is 12.8 Å². The first-order valence-corrected chi connectivity index (χ1v) is 6.55. The van der Waals surface area contributed by atoms with Crippen LogP contribution < -0.4 is 0 Å². The molecule has 0 fully saturated rings. The molecule has 17 heavy (non-hydrogen) atoms. The fraction of sp³-hybridized carbons (Fsp3) is 0.923. The van der Waals surface area contributed by atoms with E-state index in [2.05, 4.69) is 6.92 Å². The minimum absolute atomic E-state index is 0.0556. The number of rotatable bonds is 11. The van der Waals surface area contributed by atoms with Crippen molar-refractivity contribution in [2.24, 2.45) is 0 Å². The second kappa shape index (κ2) is 10.9. The lowest BCUT2D eigenvalue weighted by atomic mass is 10.1. The van der Waals surface area contributed by atoms with Crippen molar-refractivity contribution >= 4 is 0 Å². The number of halogens is 3. The Morgan fingerprint density at radius 2 is 1.47 bits per heavy atom. The van der Waals surface area contributed by atoms with Gasteiger partial charge in [0.1, 0.15) is 0 Å². The summed E-state index contributed by atoms with van der Waals surface area (Å²) in [5, 5.41) is 0. The first kappa shape index (κ1) is 16.8. The summed E-state index contributed by atoms with van der Waals surface area (Å²) < 4.78 is 40.5. The SMILES string of the molecule is CCCCCCCCOCCC[CH]C(F)(F)F. The molecule has 0 unspecified atom stereocenters. The van der Waals surface area contributed by atoms with Crippen LogP contribution in [0.3, 0.4) is 0 Å². The largest absolute Gasteiger partial charge is 0.392 e. The molecule has 0 amide bonds. The second-order valence-corrected chi connectivity index (χ2v) is 4.27. The molecule has 0 aliphatic heterocycles. The molecule has 103 valence electrons. The molecule has 0 saturated heterocycles. The van der Waals surface area contributed by atoms with Crippen molar-refractivity contribution in [1.29, 1.82) is 0 Å². The summed E-state index contributed by atoms with van der Waals surface area (Å²) in [5.41, 5.74) is 0. The zero-order chi connectivity index (χ0) is 13.0. The first-order valence-electron chi connectivity index (χ1n) is 6.55. The highest BCUT2D eigenvalue weighted by atomic mass is 19.4. The number of hydrogen-bond donors (Lipinski definition) is 0. The van der Waals surface area contributed by atoms with Gasteiger partial charge in [-0.15, -0.1) is 0 Å². The fourth-order valence-corrected chi connectivity index (χ4v) is 1.54. The Balaban J connectivity index is 2.99. The summed E-state index contributed by atoms with van der Waals surface area (Å²) in [6, 6.07) is 0. The highest BCUT2D eigenvalue weighted by Gasteiger charge is 2.26. The van der Waals surface area contributed by atoms with E-state index in [4.69, 9.17) is 4.74 Å². The van der Waals surface area contributed by atoms with Gasteiger partial charge in [-0.3, -0.25) is 0 Å². The van der Waals surface area contributed by atoms with Crippen molar-refractivity contribution in [3.05, 3.63) is 6.42 Å². The summed E-state index contributed by atoms with van der Waals surface area (Å²) in [6.07, 6.45) is 3.98. The highest BCUT2D eigenvalue weighted by molar-refractivity contribution is 4.73. The van der Waals surface area contributed by atoms with Crippen LogP contribution in [-0.4, -0.2) is 19.4 Å². The zero-order valence-corrected chi connectivity index (χ0v) is 10.7. The maximum atomic E-state index is 11.7. The number of alkyl halides is 3. The normalized spacial score (nSPS) is 12.0. The van der Waals surface area contributed by atoms with Crippen LogP contribution in [0.4, 0.5) is 13.2 Å². The van der Waals surface area contributed by atoms with E-state index in [9.17, 15) is 13.2 Å². The maximum absolute atomic E-state index is 11.7. The van der Waals surface area contributed by atoms with E-state index in [1.807, 2.05) is 0 Å². The van der Waals surface area contributed by atoms with E-state index in [-0.39, 0.29) is 6.42 Å². The summed E-state index contributed by atoms with van der Waals surface area (Å²) in [5.74, 6) is 0. The van der Waals surface area contributed by atoms with Gasteiger partial charge in [0, 0.05) is 13.2 Å². The molecule has 0 N–H and O–H groups in total. The third kappa shape index (κ3) is 15.8. The Labute approximate surface area is 103 Å². The molecular weight excluding hydrogens is 229 g/mol. The smallest absolute Gasteiger partial charge is 0.381 e. The summed E-state index contributed by atoms with van der Waals surface area (Å²) in [4.78, 5) is 0. The standard InChI is InChI=1S/C13H24F3O/c1-2-3-4-5-6-8-11-17-12-9-7-10-13(14,15)16/h10H,2-9,11-12H2,1H3. The Morgan fingerprint density at radius 1 is 0.882 bits per heavy atom. The number of ether oxygens (including phenoxy) is 1. The lowest BCUT2D eigenvalue weighted by Crippen LogP contribution is -2.08. The van der Waals surface area contributed by atoms with Crippen molar-refractivity contribution in [3.8, 4) is 0 Å². The summed E-state index contributed by atoms with van der Waals surface area (Å²) >= 11 is 0. The highest BCUT2D eigenvalue weighted by Crippen LogP contribution is 2.20. The van der Waals surface area contributed by atoms with Crippen LogP contribution in [-0.2, 0) is 4.74 Å². The quantitative estimate of drug-likeness (QED) is 0.475. The van der Waals surface area contributed by atoms with Gasteiger partial charge < -0.3 is 4.74 Å². The van der Waals surface area contributed by atoms with Crippen molar-refractivity contribution < 1.29 is 17.9 Å². The van der Waals surface area contributed by atoms with E-state index in [1.165, 1.54) is 25.7 Å². The minimum atomic E-state index is -4.14. The van der Waals surface area contributed by atoms with Crippen LogP contribution >= 0.6 is 0 Å². The lowest BCUT2D eigenvalue weighted by Gasteiger charge is -2.06. The molecule has 0 atom stereocenters. The molecule has 4 heteroatoms. The van der Waals surface area contributed by atoms with E-state index in [1.54, 1.807) is 0 Å². The molecule has 0 aliphatic carbocycles. The molecule has 0 aromatic carbocycles. The van der Waals surface area contributed by atoms with Crippen LogP contribution in [0.2, 0.25) is 0 Å². The van der Waals surface area contributed by atoms with Crippen molar-refractivity contribution in [1.82, 2.24) is 0 Å². The van der Waals surface area contributed by atoms with Gasteiger partial charge in [-0.25, -0.2) is 0 Å². The molecule has 0 spiro atoms. The van der Waals surface area contributed by atoms with Crippen LogP contribution in [0.5, 0.6) is 0 Å². The topological polar surface area (TPSA) is 9.23 Å². The molecule has 0 rings (SSSR count). The van der Waals surface area contributed by atoms with Gasteiger partial charge in [-0.2, -0.15) is 13.2 Å². The molecule has 0 aromatic rings. The van der Waals surface area contributed by atoms with Gasteiger partial charge in [0.25, 0.3) is 0 Å². The molecule has 0 saturated carbocycles. The number of unbranched alkanes of at least 4 members (excludes halogenated alkanes) is 6. The van der Waals surface area contributed by atoms with Crippen LogP contribution in [0.1, 0.15) is 58.3 Å². The first-order chi connectivity index (χ1) is 8.06. The molecule has 0 aliphatic rings. The van der Waals surface area contributed by atoms with Gasteiger partial charge in [-0.05, 0) is 19.3 Å². The minimum Gasteiger partial charge on any atom is -0.381 e. The molecule has 1 nitrogen and oxygen atoms in total. The van der Waals surface area contributed by atoms with Gasteiger partial charge in [0.05, 0.1) is 6.42 Å². The maximum Gasteiger partial charge on any atom is 0.392 e. The monoisotopic (exact) mass is 253 g/mol. The predicted molar refractivity (Wildman–Crippen MR) is 63.8 cm³/mol. The van der Waals surface area contributed by atoms with Crippen LogP contribution in [0, 0.1) is 6.42 Å². The van der Waals surface area contributed by atoms with Crippen LogP contribution in [0.25, 0.3) is 0 Å². The van der Waals surface area contributed by atoms with E-state index >= 15 is 0 Å². The third-order valence-electron chi connectivity index (χ3n) is 2.51. The van der Waals surface area contributed by atoms with Crippen molar-refractivity contribution in [3.63, 3.8) is 0 Å². The molecular formula is C13H24F3O. The lowest BCUT2D eigenvalue weighted by molar-refractivity contribution is -0.0987. The summed E-state index contributed by atoms with van der Waals surface area (Å²) in [6.45, 7) is 3.29. The third-order valence-corrected chi connectivity index (χ3v) is 2.51. The van der Waals surface area contributed by atoms with Crippen LogP contribution in [0.15, 0.2) is 0 Å². The van der Waals surface area contributed by atoms with Crippen molar-refractivity contribution in [2.45, 2.75) is 64.5 Å². The molecule has 1 radical (unpaired) electrons. The Hall–Kier alpha value is -0.250. The second-order valence-electron chi connectivity index (χ2n) is 4.27. The Morgan fingerprint density at radius 3 is 2.12 bits per heavy atom. The average molecular weight is 253 g/mol. The van der Waals surface area contributed by atoms with Gasteiger partial charge in [0.15, 0.2) is 0 Å². The molecule has 0 heterocycles. The van der Waals surface area contributed by atoms with E-state index < -0.39 is 6.18 Å². The predicted octanol–water partition coefficient (Wildman–Crippen LogP) is 4.91. The molecule has 0 aromatic heterocycles. The van der Waals surface area contributed by atoms with Crippen molar-refractivity contribution in [2.75, 3.05) is 13.2 Å². The van der Waals surface area contributed by atoms with E-state index in [0.29, 0.717) is 26.1 Å². The fourth-order valence-electron chi connectivity index (χ4n) is 1.54. The molecule has 0 bridgehead atoms. The zero-order valence-electron chi connectivity index (χ0n) is 10.7. The Kier molecular flexibility index (Phi) is 10.7. The summed E-state index contributed by atoms with van der Waals surface area (Å²) in [7, 11) is 0.